The van der Waals surface area contributed by atoms with Crippen molar-refractivity contribution in [2.24, 2.45) is 0 Å². The van der Waals surface area contributed by atoms with Crippen molar-refractivity contribution in [1.29, 1.82) is 0 Å². The molecule has 3 heteroatoms. The predicted octanol–water partition coefficient (Wildman–Crippen LogP) is 3.33. The van der Waals surface area contributed by atoms with Crippen LogP contribution in [0.1, 0.15) is 5.56 Å². The van der Waals surface area contributed by atoms with E-state index in [0.717, 1.165) is 28.4 Å². The Balaban J connectivity index is 2.29. The highest BCUT2D eigenvalue weighted by molar-refractivity contribution is 5.67. The minimum atomic E-state index is 0.746. The average Bonchev–Trinajstić information content (AvgIpc) is 2.32. The molecule has 0 bridgehead atoms. The van der Waals surface area contributed by atoms with Crippen LogP contribution in [-0.4, -0.2) is 7.11 Å². The first-order chi connectivity index (χ1) is 8.19. The molecule has 2 aromatic carbocycles. The third-order valence-corrected chi connectivity index (χ3v) is 2.61. The van der Waals surface area contributed by atoms with Crippen LogP contribution < -0.4 is 15.8 Å². The lowest BCUT2D eigenvalue weighted by Gasteiger charge is -2.11. The molecule has 0 heterocycles. The molecule has 0 saturated carbocycles. The van der Waals surface area contributed by atoms with Gasteiger partial charge in [-0.05, 0) is 36.8 Å². The largest absolute Gasteiger partial charge is 0.497 e. The van der Waals surface area contributed by atoms with Crippen molar-refractivity contribution in [3.63, 3.8) is 0 Å². The number of rotatable bonds is 3. The van der Waals surface area contributed by atoms with Crippen molar-refractivity contribution in [3.8, 4) is 5.75 Å². The van der Waals surface area contributed by atoms with Gasteiger partial charge >= 0.3 is 0 Å². The number of aryl methyl sites for hydroxylation is 1. The zero-order valence-corrected chi connectivity index (χ0v) is 10.0. The minimum absolute atomic E-state index is 0.746. The summed E-state index contributed by atoms with van der Waals surface area (Å²) in [6, 6.07) is 13.6. The van der Waals surface area contributed by atoms with Gasteiger partial charge < -0.3 is 15.8 Å². The fourth-order valence-corrected chi connectivity index (χ4v) is 1.63. The molecule has 3 nitrogen and oxygen atoms in total. The lowest BCUT2D eigenvalue weighted by Crippen LogP contribution is -1.95. The third kappa shape index (κ3) is 2.69. The van der Waals surface area contributed by atoms with Crippen molar-refractivity contribution in [2.75, 3.05) is 18.2 Å². The summed E-state index contributed by atoms with van der Waals surface area (Å²) in [6.45, 7) is 2.05. The highest BCUT2D eigenvalue weighted by Gasteiger charge is 2.01. The Morgan fingerprint density at radius 2 is 1.94 bits per heavy atom. The van der Waals surface area contributed by atoms with Crippen LogP contribution in [0.15, 0.2) is 42.5 Å². The first-order valence-electron chi connectivity index (χ1n) is 5.46. The molecule has 0 fully saturated rings. The quantitative estimate of drug-likeness (QED) is 0.792. The van der Waals surface area contributed by atoms with E-state index in [2.05, 4.69) is 5.32 Å². The van der Waals surface area contributed by atoms with E-state index in [1.54, 1.807) is 7.11 Å². The van der Waals surface area contributed by atoms with Crippen molar-refractivity contribution in [3.05, 3.63) is 48.0 Å². The second-order valence-corrected chi connectivity index (χ2v) is 3.93. The molecular weight excluding hydrogens is 212 g/mol. The maximum atomic E-state index is 5.74. The topological polar surface area (TPSA) is 47.3 Å². The molecule has 2 aromatic rings. The van der Waals surface area contributed by atoms with E-state index in [9.17, 15) is 0 Å². The second-order valence-electron chi connectivity index (χ2n) is 3.93. The number of nitrogens with one attached hydrogen (secondary N) is 1. The molecule has 88 valence electrons. The summed E-state index contributed by atoms with van der Waals surface area (Å²) in [4.78, 5) is 0. The third-order valence-electron chi connectivity index (χ3n) is 2.61. The van der Waals surface area contributed by atoms with E-state index >= 15 is 0 Å². The van der Waals surface area contributed by atoms with Crippen LogP contribution in [0.5, 0.6) is 5.75 Å². The molecule has 0 aliphatic carbocycles. The van der Waals surface area contributed by atoms with Crippen LogP contribution in [0, 0.1) is 6.92 Å². The molecule has 17 heavy (non-hydrogen) atoms. The molecule has 0 aromatic heterocycles. The lowest BCUT2D eigenvalue weighted by molar-refractivity contribution is 0.415. The van der Waals surface area contributed by atoms with Crippen LogP contribution in [-0.2, 0) is 0 Å². The summed E-state index contributed by atoms with van der Waals surface area (Å²) in [5.74, 6) is 0.835. The summed E-state index contributed by atoms with van der Waals surface area (Å²) >= 11 is 0. The second kappa shape index (κ2) is 4.78. The van der Waals surface area contributed by atoms with E-state index in [4.69, 9.17) is 10.5 Å². The van der Waals surface area contributed by atoms with Gasteiger partial charge in [-0.1, -0.05) is 12.1 Å². The smallest absolute Gasteiger partial charge is 0.120 e. The molecule has 2 rings (SSSR count). The van der Waals surface area contributed by atoms with Gasteiger partial charge in [0, 0.05) is 23.1 Å². The Bertz CT molecular complexity index is 523. The SMILES string of the molecule is COc1ccc(C)c(Nc2cccc(N)c2)c1. The van der Waals surface area contributed by atoms with Crippen molar-refractivity contribution in [2.45, 2.75) is 6.92 Å². The maximum absolute atomic E-state index is 5.74. The Labute approximate surface area is 101 Å². The van der Waals surface area contributed by atoms with E-state index < -0.39 is 0 Å². The molecule has 0 unspecified atom stereocenters. The number of anilines is 3. The average molecular weight is 228 g/mol. The van der Waals surface area contributed by atoms with Gasteiger partial charge in [-0.2, -0.15) is 0 Å². The first kappa shape index (κ1) is 11.3. The number of nitrogen functional groups attached to an aromatic ring is 1. The summed E-state index contributed by atoms with van der Waals surface area (Å²) in [7, 11) is 1.66. The lowest BCUT2D eigenvalue weighted by atomic mass is 10.2. The maximum Gasteiger partial charge on any atom is 0.120 e. The normalized spacial score (nSPS) is 10.0. The summed E-state index contributed by atoms with van der Waals surface area (Å²) in [6.07, 6.45) is 0. The number of nitrogens with two attached hydrogens (primary N) is 1. The zero-order valence-electron chi connectivity index (χ0n) is 10.0. The molecule has 0 spiro atoms. The molecule has 0 aliphatic heterocycles. The highest BCUT2D eigenvalue weighted by atomic mass is 16.5. The van der Waals surface area contributed by atoms with Gasteiger partial charge in [0.15, 0.2) is 0 Å². The minimum Gasteiger partial charge on any atom is -0.497 e. The fraction of sp³-hybridized carbons (Fsp3) is 0.143. The van der Waals surface area contributed by atoms with Crippen LogP contribution >= 0.6 is 0 Å². The van der Waals surface area contributed by atoms with Gasteiger partial charge in [-0.25, -0.2) is 0 Å². The van der Waals surface area contributed by atoms with Gasteiger partial charge in [-0.15, -0.1) is 0 Å². The first-order valence-corrected chi connectivity index (χ1v) is 5.46. The fourth-order valence-electron chi connectivity index (χ4n) is 1.63. The van der Waals surface area contributed by atoms with Crippen molar-refractivity contribution < 1.29 is 4.74 Å². The van der Waals surface area contributed by atoms with Crippen LogP contribution in [0.4, 0.5) is 17.1 Å². The number of hydrogen-bond donors (Lipinski definition) is 2. The van der Waals surface area contributed by atoms with Crippen molar-refractivity contribution >= 4 is 17.1 Å². The highest BCUT2D eigenvalue weighted by Crippen LogP contribution is 2.25. The predicted molar refractivity (Wildman–Crippen MR) is 71.9 cm³/mol. The standard InChI is InChI=1S/C14H16N2O/c1-10-6-7-13(17-2)9-14(10)16-12-5-3-4-11(15)8-12/h3-9,16H,15H2,1-2H3. The Morgan fingerprint density at radius 1 is 1.12 bits per heavy atom. The number of hydrogen-bond acceptors (Lipinski definition) is 3. The molecule has 0 saturated heterocycles. The van der Waals surface area contributed by atoms with Crippen LogP contribution in [0.25, 0.3) is 0 Å². The van der Waals surface area contributed by atoms with E-state index in [1.807, 2.05) is 49.4 Å². The van der Waals surface area contributed by atoms with Gasteiger partial charge in [0.25, 0.3) is 0 Å². The number of benzene rings is 2. The van der Waals surface area contributed by atoms with Crippen LogP contribution in [0.2, 0.25) is 0 Å². The van der Waals surface area contributed by atoms with Gasteiger partial charge in [0.2, 0.25) is 0 Å². The van der Waals surface area contributed by atoms with Gasteiger partial charge in [-0.3, -0.25) is 0 Å². The summed E-state index contributed by atoms with van der Waals surface area (Å²) in [5.41, 5.74) is 9.64. The van der Waals surface area contributed by atoms with Gasteiger partial charge in [0.1, 0.15) is 5.75 Å². The Morgan fingerprint density at radius 3 is 2.65 bits per heavy atom. The van der Waals surface area contributed by atoms with E-state index in [-0.39, 0.29) is 0 Å². The van der Waals surface area contributed by atoms with E-state index in [1.165, 1.54) is 0 Å². The summed E-state index contributed by atoms with van der Waals surface area (Å²) < 4.78 is 5.21. The summed E-state index contributed by atoms with van der Waals surface area (Å²) in [5, 5.41) is 3.33. The number of methoxy groups -OCH3 is 1. The zero-order chi connectivity index (χ0) is 12.3. The molecule has 0 amide bonds. The molecule has 3 N–H and O–H groups in total. The van der Waals surface area contributed by atoms with Crippen molar-refractivity contribution in [1.82, 2.24) is 0 Å². The Hall–Kier alpha value is -2.16. The number of ether oxygens (including phenoxy) is 1. The van der Waals surface area contributed by atoms with Crippen LogP contribution in [0.3, 0.4) is 0 Å². The molecule has 0 aliphatic rings. The molecular formula is C14H16N2O. The van der Waals surface area contributed by atoms with E-state index in [0.29, 0.717) is 0 Å². The Kier molecular flexibility index (Phi) is 3.19. The molecule has 0 radical (unpaired) electrons. The van der Waals surface area contributed by atoms with Gasteiger partial charge in [0.05, 0.1) is 7.11 Å². The monoisotopic (exact) mass is 228 g/mol. The molecule has 0 atom stereocenters.